The lowest BCUT2D eigenvalue weighted by atomic mass is 9.78. The van der Waals surface area contributed by atoms with E-state index in [4.69, 9.17) is 9.31 Å². The highest BCUT2D eigenvalue weighted by Crippen LogP contribution is 2.36. The van der Waals surface area contributed by atoms with Crippen LogP contribution >= 0.6 is 0 Å². The van der Waals surface area contributed by atoms with E-state index < -0.39 is 0 Å². The van der Waals surface area contributed by atoms with Crippen molar-refractivity contribution in [1.82, 2.24) is 9.47 Å². The van der Waals surface area contributed by atoms with Crippen LogP contribution in [0.1, 0.15) is 67.0 Å². The maximum atomic E-state index is 13.1. The predicted octanol–water partition coefficient (Wildman–Crippen LogP) is 3.24. The second-order valence-electron chi connectivity index (χ2n) is 10.0. The quantitative estimate of drug-likeness (QED) is 0.736. The third-order valence-electron chi connectivity index (χ3n) is 7.51. The molecule has 2 aromatic rings. The zero-order valence-corrected chi connectivity index (χ0v) is 18.7. The summed E-state index contributed by atoms with van der Waals surface area (Å²) in [5.74, 6) is 0.157. The van der Waals surface area contributed by atoms with E-state index in [9.17, 15) is 4.79 Å². The molecule has 0 spiro atoms. The maximum absolute atomic E-state index is 13.1. The Morgan fingerprint density at radius 1 is 1.03 bits per heavy atom. The summed E-state index contributed by atoms with van der Waals surface area (Å²) >= 11 is 0. The van der Waals surface area contributed by atoms with Gasteiger partial charge in [-0.25, -0.2) is 0 Å². The van der Waals surface area contributed by atoms with Gasteiger partial charge in [-0.2, -0.15) is 0 Å². The van der Waals surface area contributed by atoms with Crippen molar-refractivity contribution in [1.29, 1.82) is 0 Å². The van der Waals surface area contributed by atoms with E-state index in [1.165, 1.54) is 28.8 Å². The summed E-state index contributed by atoms with van der Waals surface area (Å²) in [7, 11) is -0.356. The maximum Gasteiger partial charge on any atom is 0.494 e. The SMILES string of the molecule is Cc1cc(B2OC(C)(C)C(C)(C)O2)ccc1CN1CCn2c(cc3c2CCC3)C1=O. The van der Waals surface area contributed by atoms with Gasteiger partial charge in [0.05, 0.1) is 11.2 Å². The number of carbonyl (C=O) groups excluding carboxylic acids is 1. The van der Waals surface area contributed by atoms with Gasteiger partial charge in [-0.1, -0.05) is 18.2 Å². The topological polar surface area (TPSA) is 43.7 Å². The molecule has 1 amide bonds. The molecule has 1 aromatic heterocycles. The number of hydrogen-bond donors (Lipinski definition) is 0. The van der Waals surface area contributed by atoms with E-state index in [0.29, 0.717) is 6.54 Å². The van der Waals surface area contributed by atoms with Gasteiger partial charge >= 0.3 is 7.12 Å². The Hall–Kier alpha value is -2.05. The number of aromatic nitrogens is 1. The van der Waals surface area contributed by atoms with Gasteiger partial charge < -0.3 is 18.8 Å². The lowest BCUT2D eigenvalue weighted by molar-refractivity contribution is 0.00578. The van der Waals surface area contributed by atoms with E-state index in [1.807, 2.05) is 4.90 Å². The zero-order valence-electron chi connectivity index (χ0n) is 18.7. The van der Waals surface area contributed by atoms with Gasteiger partial charge in [0.25, 0.3) is 5.91 Å². The Labute approximate surface area is 179 Å². The molecule has 0 N–H and O–H groups in total. The van der Waals surface area contributed by atoms with Gasteiger partial charge in [-0.15, -0.1) is 0 Å². The van der Waals surface area contributed by atoms with Crippen molar-refractivity contribution in [2.24, 2.45) is 0 Å². The number of fused-ring (bicyclic) bond motifs is 3. The molecule has 3 aliphatic rings. The molecule has 158 valence electrons. The summed E-state index contributed by atoms with van der Waals surface area (Å²) in [5.41, 5.74) is 6.32. The fourth-order valence-electron chi connectivity index (χ4n) is 4.90. The van der Waals surface area contributed by atoms with E-state index in [1.54, 1.807) is 0 Å². The van der Waals surface area contributed by atoms with Crippen LogP contribution in [0.15, 0.2) is 24.3 Å². The molecule has 0 unspecified atom stereocenters. The monoisotopic (exact) mass is 406 g/mol. The number of nitrogens with zero attached hydrogens (tertiary/aromatic N) is 2. The molecule has 0 radical (unpaired) electrons. The predicted molar refractivity (Wildman–Crippen MR) is 118 cm³/mol. The average Bonchev–Trinajstić information content (AvgIpc) is 3.31. The number of amides is 1. The van der Waals surface area contributed by atoms with Crippen molar-refractivity contribution in [3.05, 3.63) is 52.3 Å². The third-order valence-corrected chi connectivity index (χ3v) is 7.51. The van der Waals surface area contributed by atoms with Gasteiger partial charge in [-0.3, -0.25) is 4.79 Å². The summed E-state index contributed by atoms with van der Waals surface area (Å²) in [6.07, 6.45) is 3.45. The molecule has 1 saturated heterocycles. The molecular formula is C24H31BN2O3. The Bertz CT molecular complexity index is 1010. The van der Waals surface area contributed by atoms with Gasteiger partial charge in [0.1, 0.15) is 5.69 Å². The second-order valence-corrected chi connectivity index (χ2v) is 10.0. The first-order valence-electron chi connectivity index (χ1n) is 11.1. The summed E-state index contributed by atoms with van der Waals surface area (Å²) in [6, 6.07) is 8.47. The highest BCUT2D eigenvalue weighted by atomic mass is 16.7. The van der Waals surface area contributed by atoms with Crippen LogP contribution in [0, 0.1) is 6.92 Å². The van der Waals surface area contributed by atoms with Crippen LogP contribution in [0.5, 0.6) is 0 Å². The largest absolute Gasteiger partial charge is 0.494 e. The Kier molecular flexibility index (Phi) is 4.46. The fraction of sp³-hybridized carbons (Fsp3) is 0.542. The second kappa shape index (κ2) is 6.73. The van der Waals surface area contributed by atoms with Crippen LogP contribution in [-0.4, -0.2) is 40.2 Å². The lowest BCUT2D eigenvalue weighted by Crippen LogP contribution is -2.41. The molecule has 1 aromatic carbocycles. The van der Waals surface area contributed by atoms with Crippen molar-refractivity contribution in [3.63, 3.8) is 0 Å². The van der Waals surface area contributed by atoms with E-state index in [-0.39, 0.29) is 24.2 Å². The van der Waals surface area contributed by atoms with Gasteiger partial charge in [0.2, 0.25) is 0 Å². The number of hydrogen-bond acceptors (Lipinski definition) is 3. The highest BCUT2D eigenvalue weighted by molar-refractivity contribution is 6.62. The van der Waals surface area contributed by atoms with Crippen molar-refractivity contribution in [2.45, 2.75) is 78.2 Å². The molecule has 2 aliphatic heterocycles. The molecule has 6 heteroatoms. The van der Waals surface area contributed by atoms with Gasteiger partial charge in [0, 0.05) is 25.3 Å². The molecule has 1 fully saturated rings. The smallest absolute Gasteiger partial charge is 0.399 e. The molecule has 0 bridgehead atoms. The van der Waals surface area contributed by atoms with Gasteiger partial charge in [-0.05, 0) is 82.1 Å². The Morgan fingerprint density at radius 2 is 1.77 bits per heavy atom. The van der Waals surface area contributed by atoms with Crippen LogP contribution in [-0.2, 0) is 35.2 Å². The van der Waals surface area contributed by atoms with Crippen LogP contribution in [0.2, 0.25) is 0 Å². The number of rotatable bonds is 3. The standard InChI is InChI=1S/C24H31BN2O3/c1-16-13-19(25-29-23(2,3)24(4,5)30-25)10-9-18(16)15-26-11-12-27-20-8-6-7-17(20)14-21(27)22(26)28/h9-10,13-14H,6-8,11-12,15H2,1-5H3. The Balaban J connectivity index is 1.33. The fourth-order valence-corrected chi connectivity index (χ4v) is 4.90. The van der Waals surface area contributed by atoms with Crippen molar-refractivity contribution in [3.8, 4) is 0 Å². The van der Waals surface area contributed by atoms with Crippen LogP contribution in [0.3, 0.4) is 0 Å². The molecule has 5 nitrogen and oxygen atoms in total. The summed E-state index contributed by atoms with van der Waals surface area (Å²) in [6.45, 7) is 12.7. The summed E-state index contributed by atoms with van der Waals surface area (Å²) < 4.78 is 14.6. The number of benzene rings is 1. The first-order chi connectivity index (χ1) is 14.2. The minimum Gasteiger partial charge on any atom is -0.399 e. The summed E-state index contributed by atoms with van der Waals surface area (Å²) in [5, 5.41) is 0. The Morgan fingerprint density at radius 3 is 2.47 bits per heavy atom. The van der Waals surface area contributed by atoms with Crippen molar-refractivity contribution >= 4 is 18.5 Å². The number of carbonyl (C=O) groups is 1. The average molecular weight is 406 g/mol. The molecule has 0 saturated carbocycles. The highest BCUT2D eigenvalue weighted by Gasteiger charge is 2.51. The first kappa shape index (κ1) is 19.9. The van der Waals surface area contributed by atoms with Crippen molar-refractivity contribution < 1.29 is 14.1 Å². The number of aryl methyl sites for hydroxylation is 2. The summed E-state index contributed by atoms with van der Waals surface area (Å²) in [4.78, 5) is 15.1. The van der Waals surface area contributed by atoms with Crippen LogP contribution < -0.4 is 5.46 Å². The van der Waals surface area contributed by atoms with Crippen LogP contribution in [0.25, 0.3) is 0 Å². The zero-order chi connectivity index (χ0) is 21.3. The molecular weight excluding hydrogens is 375 g/mol. The lowest BCUT2D eigenvalue weighted by Gasteiger charge is -2.32. The molecule has 1 aliphatic carbocycles. The molecule has 3 heterocycles. The van der Waals surface area contributed by atoms with E-state index in [2.05, 4.69) is 63.5 Å². The molecule has 30 heavy (non-hydrogen) atoms. The molecule has 0 atom stereocenters. The van der Waals surface area contributed by atoms with Crippen molar-refractivity contribution in [2.75, 3.05) is 6.54 Å². The van der Waals surface area contributed by atoms with E-state index >= 15 is 0 Å². The minimum atomic E-state index is -0.356. The first-order valence-corrected chi connectivity index (χ1v) is 11.1. The molecule has 5 rings (SSSR count). The third kappa shape index (κ3) is 3.04. The normalized spacial score (nSPS) is 21.8. The van der Waals surface area contributed by atoms with E-state index in [0.717, 1.165) is 37.1 Å². The van der Waals surface area contributed by atoms with Gasteiger partial charge in [0.15, 0.2) is 0 Å². The van der Waals surface area contributed by atoms with Crippen LogP contribution in [0.4, 0.5) is 0 Å². The minimum absolute atomic E-state index is 0.157.